The average Bonchev–Trinajstić information content (AvgIpc) is 2.76. The fourth-order valence-electron chi connectivity index (χ4n) is 2.90. The molecule has 0 unspecified atom stereocenters. The summed E-state index contributed by atoms with van der Waals surface area (Å²) in [6, 6.07) is 15.5. The van der Waals surface area contributed by atoms with Gasteiger partial charge < -0.3 is 4.90 Å². The first-order valence-electron chi connectivity index (χ1n) is 8.96. The molecule has 29 heavy (non-hydrogen) atoms. The van der Waals surface area contributed by atoms with Crippen LogP contribution in [-0.2, 0) is 9.59 Å². The number of benzene rings is 1. The fourth-order valence-corrected chi connectivity index (χ4v) is 2.90. The Bertz CT molecular complexity index is 939. The number of carbonyl (C=O) groups is 2. The minimum atomic E-state index is -0.633. The molecule has 2 amide bonds. The van der Waals surface area contributed by atoms with E-state index in [0.717, 1.165) is 6.42 Å². The van der Waals surface area contributed by atoms with E-state index in [1.165, 1.54) is 34.8 Å². The summed E-state index contributed by atoms with van der Waals surface area (Å²) in [6.45, 7) is 1.26. The zero-order valence-electron chi connectivity index (χ0n) is 15.7. The van der Waals surface area contributed by atoms with E-state index in [9.17, 15) is 9.59 Å². The van der Waals surface area contributed by atoms with Crippen molar-refractivity contribution in [3.05, 3.63) is 83.7 Å². The van der Waals surface area contributed by atoms with Crippen LogP contribution >= 0.6 is 12.4 Å². The van der Waals surface area contributed by atoms with E-state index in [1.54, 1.807) is 29.2 Å². The number of amides is 2. The Morgan fingerprint density at radius 2 is 1.69 bits per heavy atom. The number of rotatable bonds is 5. The number of halogens is 1. The van der Waals surface area contributed by atoms with Crippen molar-refractivity contribution in [3.8, 4) is 0 Å². The monoisotopic (exact) mass is 411 g/mol. The molecule has 0 bridgehead atoms. The van der Waals surface area contributed by atoms with Crippen LogP contribution in [0.3, 0.4) is 0 Å². The molecular formula is C22H22ClN3O3. The molecule has 0 spiro atoms. The van der Waals surface area contributed by atoms with E-state index in [-0.39, 0.29) is 18.3 Å². The third-order valence-corrected chi connectivity index (χ3v) is 4.37. The summed E-state index contributed by atoms with van der Waals surface area (Å²) in [7, 11) is 0. The van der Waals surface area contributed by atoms with Crippen LogP contribution in [-0.4, -0.2) is 40.0 Å². The lowest BCUT2D eigenvalue weighted by molar-refractivity contribution is -0.125. The largest absolute Gasteiger partial charge is 0.335 e. The second-order valence-electron chi connectivity index (χ2n) is 6.26. The van der Waals surface area contributed by atoms with Crippen LogP contribution in [0.4, 0.5) is 0 Å². The molecule has 2 heterocycles. The minimum absolute atomic E-state index is 0. The molecule has 0 saturated carbocycles. The quantitative estimate of drug-likeness (QED) is 0.449. The van der Waals surface area contributed by atoms with Gasteiger partial charge in [-0.3, -0.25) is 14.8 Å². The van der Waals surface area contributed by atoms with E-state index in [1.807, 2.05) is 18.2 Å². The normalized spacial score (nSPS) is 13.8. The third-order valence-electron chi connectivity index (χ3n) is 4.37. The van der Waals surface area contributed by atoms with Crippen molar-refractivity contribution in [1.82, 2.24) is 15.4 Å². The molecule has 6 nitrogen and oxygen atoms in total. The highest BCUT2D eigenvalue weighted by Crippen LogP contribution is 2.22. The zero-order valence-corrected chi connectivity index (χ0v) is 16.5. The van der Waals surface area contributed by atoms with Gasteiger partial charge in [-0.05, 0) is 41.8 Å². The van der Waals surface area contributed by atoms with Crippen LogP contribution in [0, 0.1) is 0 Å². The maximum absolute atomic E-state index is 12.4. The highest BCUT2D eigenvalue weighted by atomic mass is 35.5. The van der Waals surface area contributed by atoms with E-state index in [4.69, 9.17) is 5.21 Å². The van der Waals surface area contributed by atoms with Crippen molar-refractivity contribution in [1.29, 1.82) is 0 Å². The van der Waals surface area contributed by atoms with E-state index in [2.05, 4.69) is 23.2 Å². The Balaban J connectivity index is 0.00000300. The lowest BCUT2D eigenvalue weighted by Gasteiger charge is -2.25. The molecule has 2 aromatic rings. The molecule has 0 saturated heterocycles. The Morgan fingerprint density at radius 3 is 2.31 bits per heavy atom. The van der Waals surface area contributed by atoms with Crippen LogP contribution in [0.1, 0.15) is 23.4 Å². The van der Waals surface area contributed by atoms with Crippen molar-refractivity contribution in [3.63, 3.8) is 0 Å². The highest BCUT2D eigenvalue weighted by molar-refractivity contribution is 5.92. The number of hydrogen-bond donors (Lipinski definition) is 2. The molecule has 1 aliphatic heterocycles. The first-order valence-corrected chi connectivity index (χ1v) is 8.96. The van der Waals surface area contributed by atoms with Crippen molar-refractivity contribution in [2.45, 2.75) is 6.42 Å². The van der Waals surface area contributed by atoms with E-state index < -0.39 is 5.91 Å². The first kappa shape index (κ1) is 22.1. The number of nitrogens with zero attached hydrogens (tertiary/aromatic N) is 2. The highest BCUT2D eigenvalue weighted by Gasteiger charge is 2.15. The van der Waals surface area contributed by atoms with Gasteiger partial charge in [-0.15, -0.1) is 12.4 Å². The van der Waals surface area contributed by atoms with Crippen molar-refractivity contribution >= 4 is 41.9 Å². The number of hydrogen-bond acceptors (Lipinski definition) is 4. The van der Waals surface area contributed by atoms with Crippen LogP contribution in [0.15, 0.2) is 66.8 Å². The van der Waals surface area contributed by atoms with Gasteiger partial charge in [-0.1, -0.05) is 42.5 Å². The van der Waals surface area contributed by atoms with E-state index >= 15 is 0 Å². The van der Waals surface area contributed by atoms with Crippen LogP contribution in [0.5, 0.6) is 0 Å². The van der Waals surface area contributed by atoms with Crippen molar-refractivity contribution in [2.75, 3.05) is 13.1 Å². The van der Waals surface area contributed by atoms with Crippen LogP contribution in [0.25, 0.3) is 17.7 Å². The SMILES string of the molecule is Cl.O=C(/C=C/c1cccc(/C=C/C(=O)N2CC=C(c3ccccc3)CC2)n1)NO. The van der Waals surface area contributed by atoms with Gasteiger partial charge in [0.05, 0.1) is 11.4 Å². The number of hydroxylamine groups is 1. The molecule has 3 rings (SSSR count). The molecular weight excluding hydrogens is 390 g/mol. The molecule has 1 aliphatic rings. The van der Waals surface area contributed by atoms with Gasteiger partial charge in [0.2, 0.25) is 5.91 Å². The second kappa shape index (κ2) is 10.9. The lowest BCUT2D eigenvalue weighted by Crippen LogP contribution is -2.33. The first-order chi connectivity index (χ1) is 13.7. The second-order valence-corrected chi connectivity index (χ2v) is 6.26. The maximum Gasteiger partial charge on any atom is 0.267 e. The average molecular weight is 412 g/mol. The minimum Gasteiger partial charge on any atom is -0.335 e. The summed E-state index contributed by atoms with van der Waals surface area (Å²) >= 11 is 0. The number of nitrogens with one attached hydrogen (secondary N) is 1. The summed E-state index contributed by atoms with van der Waals surface area (Å²) in [5.41, 5.74) is 5.14. The Hall–Kier alpha value is -3.22. The summed E-state index contributed by atoms with van der Waals surface area (Å²) in [5.74, 6) is -0.697. The lowest BCUT2D eigenvalue weighted by atomic mass is 9.99. The van der Waals surface area contributed by atoms with Gasteiger partial charge in [0.1, 0.15) is 0 Å². The van der Waals surface area contributed by atoms with Gasteiger partial charge in [-0.25, -0.2) is 10.5 Å². The molecule has 150 valence electrons. The molecule has 7 heteroatoms. The standard InChI is InChI=1S/C22H21N3O3.ClH/c26-21(24-28)11-9-19-7-4-8-20(23-19)10-12-22(27)25-15-13-18(14-16-25)17-5-2-1-3-6-17;/h1-13,28H,14-16H2,(H,24,26);1H/b11-9+,12-10+;. The van der Waals surface area contributed by atoms with Crippen LogP contribution < -0.4 is 5.48 Å². The van der Waals surface area contributed by atoms with E-state index in [0.29, 0.717) is 24.5 Å². The van der Waals surface area contributed by atoms with Gasteiger partial charge in [-0.2, -0.15) is 0 Å². The molecule has 1 aromatic carbocycles. The predicted octanol–water partition coefficient (Wildman–Crippen LogP) is 3.35. The van der Waals surface area contributed by atoms with Gasteiger partial charge in [0.25, 0.3) is 5.91 Å². The topological polar surface area (TPSA) is 82.5 Å². The smallest absolute Gasteiger partial charge is 0.267 e. The van der Waals surface area contributed by atoms with Gasteiger partial charge in [0, 0.05) is 25.2 Å². The number of carbonyl (C=O) groups excluding carboxylic acids is 2. The molecule has 0 radical (unpaired) electrons. The number of pyridine rings is 1. The summed E-state index contributed by atoms with van der Waals surface area (Å²) in [6.07, 6.45) is 8.74. The summed E-state index contributed by atoms with van der Waals surface area (Å²) < 4.78 is 0. The Labute approximate surface area is 175 Å². The maximum atomic E-state index is 12.4. The number of aromatic nitrogens is 1. The van der Waals surface area contributed by atoms with Gasteiger partial charge in [0.15, 0.2) is 0 Å². The van der Waals surface area contributed by atoms with Crippen molar-refractivity contribution < 1.29 is 14.8 Å². The zero-order chi connectivity index (χ0) is 19.8. The summed E-state index contributed by atoms with van der Waals surface area (Å²) in [5, 5.41) is 8.49. The molecule has 2 N–H and O–H groups in total. The van der Waals surface area contributed by atoms with Crippen molar-refractivity contribution in [2.24, 2.45) is 0 Å². The molecule has 0 aliphatic carbocycles. The Kier molecular flexibility index (Phi) is 8.33. The van der Waals surface area contributed by atoms with Crippen LogP contribution in [0.2, 0.25) is 0 Å². The molecule has 1 aromatic heterocycles. The fraction of sp³-hybridized carbons (Fsp3) is 0.136. The van der Waals surface area contributed by atoms with Gasteiger partial charge >= 0.3 is 0 Å². The Morgan fingerprint density at radius 1 is 1.00 bits per heavy atom. The third kappa shape index (κ3) is 6.41. The summed E-state index contributed by atoms with van der Waals surface area (Å²) in [4.78, 5) is 29.6. The molecule has 0 atom stereocenters. The predicted molar refractivity (Wildman–Crippen MR) is 115 cm³/mol. The molecule has 0 fully saturated rings.